The average Bonchev–Trinajstić information content (AvgIpc) is 2.48. The largest absolute Gasteiger partial charge is 0.495 e. The summed E-state index contributed by atoms with van der Waals surface area (Å²) in [6.07, 6.45) is 0. The third-order valence-corrected chi connectivity index (χ3v) is 3.36. The van der Waals surface area contributed by atoms with Gasteiger partial charge in [0.2, 0.25) is 0 Å². The van der Waals surface area contributed by atoms with Gasteiger partial charge in [-0.3, -0.25) is 10.1 Å². The monoisotopic (exact) mass is 352 g/mol. The second kappa shape index (κ2) is 6.40. The Morgan fingerprint density at radius 3 is 2.62 bits per heavy atom. The first-order chi connectivity index (χ1) is 10.0. The van der Waals surface area contributed by atoms with Crippen LogP contribution in [0.15, 0.2) is 34.8 Å². The summed E-state index contributed by atoms with van der Waals surface area (Å²) in [4.78, 5) is 14.7. The third kappa shape index (κ3) is 3.60. The molecule has 0 aliphatic rings. The molecule has 110 valence electrons. The molecule has 0 saturated carbocycles. The van der Waals surface area contributed by atoms with Gasteiger partial charge in [-0.2, -0.15) is 0 Å². The molecule has 0 aliphatic carbocycles. The number of nitrogens with zero attached hydrogens (tertiary/aromatic N) is 2. The number of rotatable bonds is 5. The van der Waals surface area contributed by atoms with E-state index in [-0.39, 0.29) is 5.69 Å². The number of methoxy groups -OCH3 is 1. The summed E-state index contributed by atoms with van der Waals surface area (Å²) >= 11 is 3.36. The van der Waals surface area contributed by atoms with Crippen LogP contribution in [-0.2, 0) is 0 Å². The van der Waals surface area contributed by atoms with Crippen molar-refractivity contribution in [3.8, 4) is 5.75 Å². The second-order valence-corrected chi connectivity index (χ2v) is 4.93. The molecule has 21 heavy (non-hydrogen) atoms. The summed E-state index contributed by atoms with van der Waals surface area (Å²) in [5.74, 6) is 1.44. The molecule has 2 aromatic rings. The maximum Gasteiger partial charge on any atom is 0.276 e. The fourth-order valence-corrected chi connectivity index (χ4v) is 2.11. The summed E-state index contributed by atoms with van der Waals surface area (Å²) in [5.41, 5.74) is 0.672. The molecule has 2 N–H and O–H groups in total. The third-order valence-electron chi connectivity index (χ3n) is 2.70. The van der Waals surface area contributed by atoms with Crippen LogP contribution in [0.1, 0.15) is 0 Å². The molecule has 0 atom stereocenters. The molecule has 1 heterocycles. The minimum Gasteiger partial charge on any atom is -0.495 e. The van der Waals surface area contributed by atoms with Crippen molar-refractivity contribution in [2.45, 2.75) is 0 Å². The first kappa shape index (κ1) is 15.0. The Kier molecular flexibility index (Phi) is 4.59. The molecule has 8 heteroatoms. The Morgan fingerprint density at radius 2 is 2.00 bits per heavy atom. The molecule has 0 radical (unpaired) electrons. The normalized spacial score (nSPS) is 10.0. The zero-order valence-electron chi connectivity index (χ0n) is 11.4. The molecule has 0 unspecified atom stereocenters. The molecule has 0 spiro atoms. The van der Waals surface area contributed by atoms with Gasteiger partial charge in [-0.1, -0.05) is 0 Å². The number of anilines is 3. The van der Waals surface area contributed by atoms with Crippen LogP contribution in [0.3, 0.4) is 0 Å². The fourth-order valence-electron chi connectivity index (χ4n) is 1.70. The van der Waals surface area contributed by atoms with Crippen LogP contribution in [0.2, 0.25) is 0 Å². The number of halogens is 1. The van der Waals surface area contributed by atoms with Crippen molar-refractivity contribution in [2.75, 3.05) is 24.8 Å². The van der Waals surface area contributed by atoms with E-state index in [2.05, 4.69) is 31.5 Å². The summed E-state index contributed by atoms with van der Waals surface area (Å²) in [6.45, 7) is 0. The molecular weight excluding hydrogens is 340 g/mol. The first-order valence-electron chi connectivity index (χ1n) is 5.98. The highest BCUT2D eigenvalue weighted by molar-refractivity contribution is 9.10. The van der Waals surface area contributed by atoms with Gasteiger partial charge >= 0.3 is 0 Å². The van der Waals surface area contributed by atoms with Gasteiger partial charge < -0.3 is 15.4 Å². The molecule has 0 bridgehead atoms. The van der Waals surface area contributed by atoms with Gasteiger partial charge in [0.25, 0.3) is 5.69 Å². The van der Waals surface area contributed by atoms with E-state index in [0.29, 0.717) is 23.1 Å². The van der Waals surface area contributed by atoms with E-state index in [4.69, 9.17) is 4.74 Å². The van der Waals surface area contributed by atoms with Crippen LogP contribution < -0.4 is 15.4 Å². The van der Waals surface area contributed by atoms with E-state index < -0.39 is 4.92 Å². The minimum atomic E-state index is -0.462. The van der Waals surface area contributed by atoms with Gasteiger partial charge in [-0.05, 0) is 28.1 Å². The summed E-state index contributed by atoms with van der Waals surface area (Å²) in [6, 6.07) is 8.13. The number of pyridine rings is 1. The number of aromatic nitrogens is 1. The van der Waals surface area contributed by atoms with Crippen molar-refractivity contribution in [1.29, 1.82) is 0 Å². The first-order valence-corrected chi connectivity index (χ1v) is 6.77. The zero-order chi connectivity index (χ0) is 15.4. The van der Waals surface area contributed by atoms with Crippen LogP contribution in [0, 0.1) is 10.1 Å². The smallest absolute Gasteiger partial charge is 0.276 e. The van der Waals surface area contributed by atoms with E-state index in [1.807, 2.05) is 12.1 Å². The zero-order valence-corrected chi connectivity index (χ0v) is 13.0. The maximum absolute atomic E-state index is 10.9. The highest BCUT2D eigenvalue weighted by atomic mass is 79.9. The Morgan fingerprint density at radius 1 is 1.29 bits per heavy atom. The number of hydrogen-bond acceptors (Lipinski definition) is 6. The van der Waals surface area contributed by atoms with Gasteiger partial charge in [0.1, 0.15) is 17.4 Å². The Balaban J connectivity index is 2.34. The van der Waals surface area contributed by atoms with Crippen molar-refractivity contribution in [3.05, 3.63) is 44.9 Å². The molecule has 0 saturated heterocycles. The lowest BCUT2D eigenvalue weighted by Gasteiger charge is -2.10. The van der Waals surface area contributed by atoms with Gasteiger partial charge in [0, 0.05) is 18.8 Å². The topological polar surface area (TPSA) is 89.3 Å². The van der Waals surface area contributed by atoms with E-state index in [1.165, 1.54) is 12.1 Å². The highest BCUT2D eigenvalue weighted by Crippen LogP contribution is 2.30. The standard InChI is InChI=1S/C13H13BrN4O3/c1-15-12-6-9(18(19)20)7-13(17-12)16-8-3-4-10(14)11(5-8)21-2/h3-7H,1-2H3,(H2,15,16,17). The average molecular weight is 353 g/mol. The molecular formula is C13H13BrN4O3. The van der Waals surface area contributed by atoms with Crippen LogP contribution in [0.4, 0.5) is 23.0 Å². The van der Waals surface area contributed by atoms with Crippen molar-refractivity contribution < 1.29 is 9.66 Å². The quantitative estimate of drug-likeness (QED) is 0.631. The SMILES string of the molecule is CNc1cc([N+](=O)[O-])cc(Nc2ccc(Br)c(OC)c2)n1. The number of hydrogen-bond donors (Lipinski definition) is 2. The lowest BCUT2D eigenvalue weighted by atomic mass is 10.3. The molecule has 0 amide bonds. The van der Waals surface area contributed by atoms with Crippen LogP contribution in [0.25, 0.3) is 0 Å². The molecule has 7 nitrogen and oxygen atoms in total. The molecule has 0 aliphatic heterocycles. The number of benzene rings is 1. The molecule has 0 fully saturated rings. The lowest BCUT2D eigenvalue weighted by Crippen LogP contribution is -2.00. The minimum absolute atomic E-state index is 0.0408. The molecule has 1 aromatic carbocycles. The second-order valence-electron chi connectivity index (χ2n) is 4.08. The number of ether oxygens (including phenoxy) is 1. The van der Waals surface area contributed by atoms with Crippen LogP contribution in [0.5, 0.6) is 5.75 Å². The van der Waals surface area contributed by atoms with Crippen molar-refractivity contribution >= 4 is 38.9 Å². The van der Waals surface area contributed by atoms with E-state index in [0.717, 1.165) is 4.47 Å². The predicted octanol–water partition coefficient (Wildman–Crippen LogP) is 3.55. The van der Waals surface area contributed by atoms with Gasteiger partial charge in [0.15, 0.2) is 0 Å². The van der Waals surface area contributed by atoms with E-state index in [9.17, 15) is 10.1 Å². The molecule has 1 aromatic heterocycles. The number of nitro groups is 1. The van der Waals surface area contributed by atoms with Crippen LogP contribution >= 0.6 is 15.9 Å². The molecule has 2 rings (SSSR count). The summed E-state index contributed by atoms with van der Waals surface area (Å²) in [5, 5.41) is 16.7. The lowest BCUT2D eigenvalue weighted by molar-refractivity contribution is -0.384. The van der Waals surface area contributed by atoms with Crippen molar-refractivity contribution in [3.63, 3.8) is 0 Å². The maximum atomic E-state index is 10.9. The summed E-state index contributed by atoms with van der Waals surface area (Å²) < 4.78 is 6.02. The van der Waals surface area contributed by atoms with Gasteiger partial charge in [0.05, 0.1) is 28.6 Å². The van der Waals surface area contributed by atoms with Gasteiger partial charge in [-0.15, -0.1) is 0 Å². The fraction of sp³-hybridized carbons (Fsp3) is 0.154. The summed E-state index contributed by atoms with van der Waals surface area (Å²) in [7, 11) is 3.22. The van der Waals surface area contributed by atoms with E-state index >= 15 is 0 Å². The van der Waals surface area contributed by atoms with E-state index in [1.54, 1.807) is 20.2 Å². The predicted molar refractivity (Wildman–Crippen MR) is 84.4 cm³/mol. The van der Waals surface area contributed by atoms with Crippen molar-refractivity contribution in [2.24, 2.45) is 0 Å². The van der Waals surface area contributed by atoms with Crippen molar-refractivity contribution in [1.82, 2.24) is 4.98 Å². The van der Waals surface area contributed by atoms with Gasteiger partial charge in [-0.25, -0.2) is 4.98 Å². The Labute approximate surface area is 129 Å². The highest BCUT2D eigenvalue weighted by Gasteiger charge is 2.11. The van der Waals surface area contributed by atoms with Crippen LogP contribution in [-0.4, -0.2) is 24.1 Å². The number of nitrogens with one attached hydrogen (secondary N) is 2. The Hall–Kier alpha value is -2.35. The Bertz CT molecular complexity index is 678.